The molecule has 0 saturated heterocycles. The van der Waals surface area contributed by atoms with Crippen LogP contribution in [0.1, 0.15) is 19.4 Å². The van der Waals surface area contributed by atoms with Crippen LogP contribution >= 0.6 is 37.9 Å². The molecule has 12 heteroatoms. The number of aromatic nitrogens is 2. The van der Waals surface area contributed by atoms with Gasteiger partial charge in [0.05, 0.1) is 17.4 Å². The van der Waals surface area contributed by atoms with E-state index in [4.69, 9.17) is 0 Å². The fourth-order valence-corrected chi connectivity index (χ4v) is 3.76. The molecule has 0 saturated carbocycles. The second-order valence-corrected chi connectivity index (χ2v) is 10.8. The van der Waals surface area contributed by atoms with Crippen LogP contribution in [0.3, 0.4) is 0 Å². The van der Waals surface area contributed by atoms with E-state index >= 15 is 4.39 Å². The zero-order chi connectivity index (χ0) is 25.4. The highest BCUT2D eigenvalue weighted by Crippen LogP contribution is 2.37. The minimum Gasteiger partial charge on any atom is -0.378 e. The second-order valence-electron chi connectivity index (χ2n) is 7.80. The lowest BCUT2D eigenvalue weighted by atomic mass is 10.1. The predicted octanol–water partition coefficient (Wildman–Crippen LogP) is 4.56. The quantitative estimate of drug-likeness (QED) is 0.170. The summed E-state index contributed by atoms with van der Waals surface area (Å²) in [6, 6.07) is 6.97. The van der Waals surface area contributed by atoms with Crippen molar-refractivity contribution >= 4 is 60.3 Å². The van der Waals surface area contributed by atoms with Gasteiger partial charge in [-0.15, -0.1) is 37.9 Å². The van der Waals surface area contributed by atoms with Crippen LogP contribution in [-0.2, 0) is 3.54 Å². The highest BCUT2D eigenvalue weighted by atomic mass is 32.2. The monoisotopic (exact) mass is 529 g/mol. The molecule has 0 amide bonds. The molecule has 0 unspecified atom stereocenters. The highest BCUT2D eigenvalue weighted by molar-refractivity contribution is 8.15. The van der Waals surface area contributed by atoms with Crippen molar-refractivity contribution in [2.75, 3.05) is 11.4 Å². The maximum Gasteiger partial charge on any atom is 0.352 e. The van der Waals surface area contributed by atoms with E-state index in [0.29, 0.717) is 0 Å². The number of anilines is 2. The molecule has 3 rings (SSSR count). The summed E-state index contributed by atoms with van der Waals surface area (Å²) in [6.45, 7) is 1.80. The number of hydrogen-bond acceptors (Lipinski definition) is 7. The molecule has 0 aliphatic carbocycles. The molecular formula is C22H19F4N3O2S3. The average molecular weight is 530 g/mol. The normalized spacial score (nSPS) is 12.1. The highest BCUT2D eigenvalue weighted by Gasteiger charge is 2.28. The summed E-state index contributed by atoms with van der Waals surface area (Å²) in [5.41, 5.74) is -2.53. The molecule has 0 spiro atoms. The summed E-state index contributed by atoms with van der Waals surface area (Å²) in [7, 11) is 0. The van der Waals surface area contributed by atoms with Crippen LogP contribution < -0.4 is 10.6 Å². The van der Waals surface area contributed by atoms with E-state index in [-0.39, 0.29) is 22.2 Å². The van der Waals surface area contributed by atoms with Gasteiger partial charge in [-0.1, -0.05) is 17.9 Å². The van der Waals surface area contributed by atoms with Gasteiger partial charge in [0.2, 0.25) is 0 Å². The van der Waals surface area contributed by atoms with Crippen molar-refractivity contribution in [1.82, 2.24) is 9.55 Å². The molecule has 0 aliphatic heterocycles. The van der Waals surface area contributed by atoms with E-state index in [0.717, 1.165) is 27.7 Å². The summed E-state index contributed by atoms with van der Waals surface area (Å²) in [4.78, 5) is 17.5. The minimum absolute atomic E-state index is 0.0623. The molecule has 1 N–H and O–H groups in total. The van der Waals surface area contributed by atoms with Crippen LogP contribution in [0.2, 0.25) is 0 Å². The van der Waals surface area contributed by atoms with Crippen LogP contribution in [0.4, 0.5) is 29.1 Å². The average Bonchev–Trinajstić information content (AvgIpc) is 2.68. The predicted molar refractivity (Wildman–Crippen MR) is 133 cm³/mol. The zero-order valence-electron chi connectivity index (χ0n) is 17.8. The van der Waals surface area contributed by atoms with Gasteiger partial charge in [0.25, 0.3) is 6.43 Å². The second kappa shape index (κ2) is 9.73. The van der Waals surface area contributed by atoms with Crippen molar-refractivity contribution in [3.05, 3.63) is 64.1 Å². The van der Waals surface area contributed by atoms with Crippen LogP contribution in [-0.4, -0.2) is 33.2 Å². The third-order valence-electron chi connectivity index (χ3n) is 4.43. The topological polar surface area (TPSA) is 58.4 Å². The van der Waals surface area contributed by atoms with Crippen molar-refractivity contribution in [1.29, 1.82) is 0 Å². The minimum atomic E-state index is -2.96. The van der Waals surface area contributed by atoms with Crippen LogP contribution in [0.25, 0.3) is 10.9 Å². The van der Waals surface area contributed by atoms with Crippen LogP contribution in [0.5, 0.6) is 0 Å². The lowest BCUT2D eigenvalue weighted by Gasteiger charge is -2.28. The number of aliphatic hydroxyl groups is 1. The van der Waals surface area contributed by atoms with Gasteiger partial charge in [-0.05, 0) is 44.2 Å². The summed E-state index contributed by atoms with van der Waals surface area (Å²) >= 11 is 12.4. The first-order valence-electron chi connectivity index (χ1n) is 9.68. The zero-order valence-corrected chi connectivity index (χ0v) is 20.5. The Balaban J connectivity index is 2.35. The first-order chi connectivity index (χ1) is 15.7. The summed E-state index contributed by atoms with van der Waals surface area (Å²) in [5.74, 6) is 2.92. The number of hydrogen-bond donors (Lipinski definition) is 4. The lowest BCUT2D eigenvalue weighted by molar-refractivity contribution is 0.143. The van der Waals surface area contributed by atoms with Gasteiger partial charge in [-0.3, -0.25) is 4.57 Å². The fourth-order valence-electron chi connectivity index (χ4n) is 3.18. The molecule has 0 aliphatic rings. The number of halogens is 4. The Bertz CT molecular complexity index is 1360. The van der Waals surface area contributed by atoms with Crippen molar-refractivity contribution in [3.63, 3.8) is 0 Å². The summed E-state index contributed by atoms with van der Waals surface area (Å²) in [5, 5.41) is 9.52. The molecule has 180 valence electrons. The van der Waals surface area contributed by atoms with Crippen molar-refractivity contribution in [3.8, 4) is 11.8 Å². The number of rotatable bonds is 5. The van der Waals surface area contributed by atoms with E-state index in [1.165, 1.54) is 32.0 Å². The number of thiol groups is 3. The summed E-state index contributed by atoms with van der Waals surface area (Å²) in [6.07, 6.45) is -2.96. The third-order valence-corrected chi connectivity index (χ3v) is 5.03. The Labute approximate surface area is 209 Å². The lowest BCUT2D eigenvalue weighted by Crippen LogP contribution is -2.34. The Kier molecular flexibility index (Phi) is 7.52. The Morgan fingerprint density at radius 1 is 1.18 bits per heavy atom. The van der Waals surface area contributed by atoms with Gasteiger partial charge >= 0.3 is 5.69 Å². The molecule has 0 bridgehead atoms. The number of nitrogens with zero attached hydrogens (tertiary/aromatic N) is 3. The third kappa shape index (κ3) is 6.02. The van der Waals surface area contributed by atoms with Gasteiger partial charge in [0, 0.05) is 11.3 Å². The van der Waals surface area contributed by atoms with Gasteiger partial charge in [0.1, 0.15) is 17.2 Å². The van der Waals surface area contributed by atoms with E-state index in [1.54, 1.807) is 0 Å². The molecule has 0 radical (unpaired) electrons. The molecule has 5 nitrogen and oxygen atoms in total. The number of benzene rings is 2. The molecule has 34 heavy (non-hydrogen) atoms. The van der Waals surface area contributed by atoms with Crippen LogP contribution in [0, 0.1) is 23.5 Å². The maximum absolute atomic E-state index is 15.0. The fraction of sp³-hybridized carbons (Fsp3) is 0.273. The maximum atomic E-state index is 15.0. The SMILES string of the molecule is CC(C)(O)C#Cc1cc(F)cc(N(CC(F)F)c2nc(=O)n(C(S)(S)S)c3cccc(F)c23)c1. The van der Waals surface area contributed by atoms with E-state index in [1.807, 2.05) is 0 Å². The molecular weight excluding hydrogens is 510 g/mol. The Morgan fingerprint density at radius 2 is 1.85 bits per heavy atom. The molecule has 0 fully saturated rings. The molecule has 1 aromatic heterocycles. The Morgan fingerprint density at radius 3 is 2.44 bits per heavy atom. The van der Waals surface area contributed by atoms with Gasteiger partial charge in [0.15, 0.2) is 9.35 Å². The van der Waals surface area contributed by atoms with Crippen molar-refractivity contribution in [2.24, 2.45) is 0 Å². The largest absolute Gasteiger partial charge is 0.378 e. The molecule has 1 heterocycles. The standard InChI is InChI=1S/C22H19F4N3O2S3/c1-21(2,31)7-6-12-8-13(23)10-14(9-12)28(11-17(25)26)19-18-15(24)4-3-5-16(18)29(20(30)27-19)22(32,33)34/h3-5,8-10,17,31-34H,11H2,1-2H3. The first kappa shape index (κ1) is 26.3. The summed E-state index contributed by atoms with van der Waals surface area (Å²) < 4.78 is 55.8. The van der Waals surface area contributed by atoms with E-state index in [2.05, 4.69) is 54.7 Å². The number of alkyl halides is 2. The van der Waals surface area contributed by atoms with Crippen molar-refractivity contribution < 1.29 is 22.7 Å². The Hall–Kier alpha value is -2.33. The van der Waals surface area contributed by atoms with Gasteiger partial charge in [-0.2, -0.15) is 4.98 Å². The number of fused-ring (bicyclic) bond motifs is 1. The van der Waals surface area contributed by atoms with Crippen LogP contribution in [0.15, 0.2) is 41.2 Å². The van der Waals surface area contributed by atoms with Crippen molar-refractivity contribution in [2.45, 2.75) is 29.4 Å². The van der Waals surface area contributed by atoms with Gasteiger partial charge in [-0.25, -0.2) is 22.4 Å². The van der Waals surface area contributed by atoms with E-state index < -0.39 is 45.2 Å². The molecule has 2 aromatic carbocycles. The first-order valence-corrected chi connectivity index (χ1v) is 11.0. The molecule has 0 atom stereocenters. The smallest absolute Gasteiger partial charge is 0.352 e. The van der Waals surface area contributed by atoms with E-state index in [9.17, 15) is 23.1 Å². The van der Waals surface area contributed by atoms with Gasteiger partial charge < -0.3 is 10.0 Å². The molecule has 3 aromatic rings.